The molecule has 158 valence electrons. The first kappa shape index (κ1) is 21.0. The molecule has 2 aromatic heterocycles. The van der Waals surface area contributed by atoms with Gasteiger partial charge in [0.15, 0.2) is 6.61 Å². The summed E-state index contributed by atoms with van der Waals surface area (Å²) < 4.78 is 37.6. The largest absolute Gasteiger partial charge is 0.452 e. The zero-order valence-electron chi connectivity index (χ0n) is 15.8. The molecule has 8 nitrogen and oxygen atoms in total. The summed E-state index contributed by atoms with van der Waals surface area (Å²) in [4.78, 5) is 17.4. The van der Waals surface area contributed by atoms with Crippen LogP contribution in [0.1, 0.15) is 35.5 Å². The van der Waals surface area contributed by atoms with Crippen molar-refractivity contribution < 1.29 is 22.5 Å². The molecule has 0 spiro atoms. The molecule has 3 aromatic rings. The normalized spacial score (nSPS) is 15.2. The number of thiophene rings is 1. The molecule has 0 unspecified atom stereocenters. The summed E-state index contributed by atoms with van der Waals surface area (Å²) in [5, 5.41) is 5.80. The molecular weight excluding hydrogens is 450 g/mol. The highest BCUT2D eigenvalue weighted by molar-refractivity contribution is 7.89. The molecule has 3 heterocycles. The molecule has 1 saturated heterocycles. The average molecular weight is 468 g/mol. The lowest BCUT2D eigenvalue weighted by Crippen LogP contribution is -2.35. The summed E-state index contributed by atoms with van der Waals surface area (Å²) in [5.74, 6) is -0.156. The topological polar surface area (TPSA) is 103 Å². The van der Waals surface area contributed by atoms with Crippen LogP contribution in [-0.4, -0.2) is 41.9 Å². The van der Waals surface area contributed by atoms with E-state index in [1.54, 1.807) is 0 Å². The molecule has 0 aliphatic carbocycles. The van der Waals surface area contributed by atoms with Crippen LogP contribution in [0.15, 0.2) is 45.1 Å². The number of sulfonamides is 1. The Morgan fingerprint density at radius 3 is 2.77 bits per heavy atom. The van der Waals surface area contributed by atoms with Crippen molar-refractivity contribution in [3.63, 3.8) is 0 Å². The number of halogens is 1. The maximum atomic E-state index is 12.9. The van der Waals surface area contributed by atoms with Crippen molar-refractivity contribution in [3.05, 3.63) is 52.2 Å². The number of nitrogens with zero attached hydrogens (tertiary/aromatic N) is 3. The van der Waals surface area contributed by atoms with Gasteiger partial charge in [0.2, 0.25) is 15.8 Å². The number of aromatic nitrogens is 2. The van der Waals surface area contributed by atoms with Gasteiger partial charge < -0.3 is 9.26 Å². The Balaban J connectivity index is 1.47. The first-order valence-electron chi connectivity index (χ1n) is 9.28. The molecule has 0 amide bonds. The molecule has 11 heteroatoms. The van der Waals surface area contributed by atoms with Gasteiger partial charge in [-0.05, 0) is 42.5 Å². The Kier molecular flexibility index (Phi) is 6.19. The highest BCUT2D eigenvalue weighted by Crippen LogP contribution is 2.28. The van der Waals surface area contributed by atoms with Crippen LogP contribution in [0, 0.1) is 0 Å². The third kappa shape index (κ3) is 4.41. The van der Waals surface area contributed by atoms with Gasteiger partial charge in [-0.15, -0.1) is 11.3 Å². The van der Waals surface area contributed by atoms with Gasteiger partial charge in [-0.1, -0.05) is 29.2 Å². The number of hydrogen-bond donors (Lipinski definition) is 0. The summed E-state index contributed by atoms with van der Waals surface area (Å²) >= 11 is 7.60. The van der Waals surface area contributed by atoms with Crippen molar-refractivity contribution in [2.75, 3.05) is 13.1 Å². The molecule has 0 N–H and O–H groups in total. The van der Waals surface area contributed by atoms with E-state index in [0.717, 1.165) is 24.1 Å². The zero-order chi connectivity index (χ0) is 21.1. The summed E-state index contributed by atoms with van der Waals surface area (Å²) in [7, 11) is -3.78. The predicted molar refractivity (Wildman–Crippen MR) is 111 cm³/mol. The molecule has 1 aromatic carbocycles. The summed E-state index contributed by atoms with van der Waals surface area (Å²) in [5.41, 5.74) is 0.0768. The first-order chi connectivity index (χ1) is 14.4. The van der Waals surface area contributed by atoms with Crippen LogP contribution in [0.25, 0.3) is 10.7 Å². The van der Waals surface area contributed by atoms with E-state index in [0.29, 0.717) is 18.9 Å². The molecule has 30 heavy (non-hydrogen) atoms. The Morgan fingerprint density at radius 1 is 1.23 bits per heavy atom. The van der Waals surface area contributed by atoms with Gasteiger partial charge in [0, 0.05) is 13.1 Å². The first-order valence-corrected chi connectivity index (χ1v) is 12.0. The van der Waals surface area contributed by atoms with Crippen molar-refractivity contribution in [2.45, 2.75) is 30.8 Å². The van der Waals surface area contributed by atoms with Crippen molar-refractivity contribution in [1.29, 1.82) is 0 Å². The molecular formula is C19H18ClN3O5S2. The van der Waals surface area contributed by atoms with E-state index in [9.17, 15) is 13.2 Å². The fourth-order valence-corrected chi connectivity index (χ4v) is 5.77. The molecule has 1 fully saturated rings. The molecule has 0 radical (unpaired) electrons. The van der Waals surface area contributed by atoms with Crippen molar-refractivity contribution in [3.8, 4) is 10.7 Å². The van der Waals surface area contributed by atoms with E-state index in [1.165, 1.54) is 33.8 Å². The fourth-order valence-electron chi connectivity index (χ4n) is 3.10. The average Bonchev–Trinajstić information content (AvgIpc) is 3.45. The lowest BCUT2D eigenvalue weighted by atomic mass is 10.2. The minimum Gasteiger partial charge on any atom is -0.452 e. The van der Waals surface area contributed by atoms with E-state index in [4.69, 9.17) is 20.9 Å². The number of esters is 1. The maximum absolute atomic E-state index is 12.9. The van der Waals surface area contributed by atoms with Crippen LogP contribution in [-0.2, 0) is 21.4 Å². The highest BCUT2D eigenvalue weighted by Gasteiger charge is 2.29. The van der Waals surface area contributed by atoms with Gasteiger partial charge in [0.05, 0.1) is 15.5 Å². The number of hydrogen-bond acceptors (Lipinski definition) is 8. The highest BCUT2D eigenvalue weighted by atomic mass is 35.5. The lowest BCUT2D eigenvalue weighted by Gasteiger charge is -2.26. The lowest BCUT2D eigenvalue weighted by molar-refractivity contribution is 0.0429. The van der Waals surface area contributed by atoms with Gasteiger partial charge >= 0.3 is 5.97 Å². The Hall–Kier alpha value is -2.27. The standard InChI is InChI=1S/C19H18ClN3O5S2/c20-14-7-6-13(11-16(14)30(25,26)23-8-2-1-3-9-23)19(24)27-12-17-21-18(22-28-17)15-5-4-10-29-15/h4-7,10-11H,1-3,8-9,12H2. The number of ether oxygens (including phenoxy) is 1. The second-order valence-corrected chi connectivity index (χ2v) is 9.94. The van der Waals surface area contributed by atoms with E-state index in [1.807, 2.05) is 17.5 Å². The number of carbonyl (C=O) groups excluding carboxylic acids is 1. The molecule has 1 aliphatic rings. The van der Waals surface area contributed by atoms with Gasteiger partial charge in [0.1, 0.15) is 4.90 Å². The number of benzene rings is 1. The fraction of sp³-hybridized carbons (Fsp3) is 0.316. The van der Waals surface area contributed by atoms with E-state index in [2.05, 4.69) is 10.1 Å². The SMILES string of the molecule is O=C(OCc1nc(-c2cccs2)no1)c1ccc(Cl)c(S(=O)(=O)N2CCCCC2)c1. The summed E-state index contributed by atoms with van der Waals surface area (Å²) in [6.07, 6.45) is 2.60. The third-order valence-electron chi connectivity index (χ3n) is 4.64. The van der Waals surface area contributed by atoms with Crippen LogP contribution in [0.5, 0.6) is 0 Å². The van der Waals surface area contributed by atoms with Crippen LogP contribution >= 0.6 is 22.9 Å². The maximum Gasteiger partial charge on any atom is 0.338 e. The van der Waals surface area contributed by atoms with Gasteiger partial charge in [-0.2, -0.15) is 9.29 Å². The van der Waals surface area contributed by atoms with Crippen molar-refractivity contribution in [2.24, 2.45) is 0 Å². The molecule has 4 rings (SSSR count). The van der Waals surface area contributed by atoms with Crippen molar-refractivity contribution >= 4 is 38.9 Å². The molecule has 1 aliphatic heterocycles. The minimum absolute atomic E-state index is 0.0645. The van der Waals surface area contributed by atoms with E-state index < -0.39 is 16.0 Å². The zero-order valence-corrected chi connectivity index (χ0v) is 18.2. The summed E-state index contributed by atoms with van der Waals surface area (Å²) in [6.45, 7) is 0.655. The van der Waals surface area contributed by atoms with Crippen LogP contribution in [0.2, 0.25) is 5.02 Å². The van der Waals surface area contributed by atoms with Crippen molar-refractivity contribution in [1.82, 2.24) is 14.4 Å². The van der Waals surface area contributed by atoms with Gasteiger partial charge in [-0.25, -0.2) is 13.2 Å². The number of carbonyl (C=O) groups is 1. The second kappa shape index (κ2) is 8.84. The van der Waals surface area contributed by atoms with E-state index >= 15 is 0 Å². The minimum atomic E-state index is -3.78. The Labute approximate surface area is 182 Å². The molecule has 0 atom stereocenters. The monoisotopic (exact) mass is 467 g/mol. The van der Waals surface area contributed by atoms with Crippen LogP contribution < -0.4 is 0 Å². The predicted octanol–water partition coefficient (Wildman–Crippen LogP) is 3.98. The quantitative estimate of drug-likeness (QED) is 0.505. The Morgan fingerprint density at radius 2 is 2.03 bits per heavy atom. The smallest absolute Gasteiger partial charge is 0.338 e. The number of piperidine rings is 1. The van der Waals surface area contributed by atoms with Crippen LogP contribution in [0.4, 0.5) is 0 Å². The van der Waals surface area contributed by atoms with E-state index in [-0.39, 0.29) is 28.0 Å². The third-order valence-corrected chi connectivity index (χ3v) is 7.88. The molecule has 0 saturated carbocycles. The van der Waals surface area contributed by atoms with Gasteiger partial charge in [-0.3, -0.25) is 0 Å². The molecule has 0 bridgehead atoms. The van der Waals surface area contributed by atoms with Crippen LogP contribution in [0.3, 0.4) is 0 Å². The Bertz CT molecular complexity index is 1140. The number of rotatable bonds is 6. The van der Waals surface area contributed by atoms with Gasteiger partial charge in [0.25, 0.3) is 5.89 Å². The summed E-state index contributed by atoms with van der Waals surface area (Å²) in [6, 6.07) is 7.77. The second-order valence-electron chi connectivity index (χ2n) is 6.68.